The number of amides is 2. The third-order valence-electron chi connectivity index (χ3n) is 5.55. The van der Waals surface area contributed by atoms with Crippen LogP contribution in [0.3, 0.4) is 0 Å². The summed E-state index contributed by atoms with van der Waals surface area (Å²) in [6.07, 6.45) is 0.902. The smallest absolute Gasteiger partial charge is 0.267 e. The van der Waals surface area contributed by atoms with Gasteiger partial charge in [-0.3, -0.25) is 9.59 Å². The summed E-state index contributed by atoms with van der Waals surface area (Å²) in [7, 11) is 0. The van der Waals surface area contributed by atoms with Crippen molar-refractivity contribution in [2.75, 3.05) is 0 Å². The molecular weight excluding hydrogens is 437 g/mol. The molecule has 0 radical (unpaired) electrons. The number of thiazole rings is 1. The van der Waals surface area contributed by atoms with E-state index in [9.17, 15) is 14.0 Å². The Labute approximate surface area is 188 Å². The van der Waals surface area contributed by atoms with E-state index in [0.717, 1.165) is 5.01 Å². The van der Waals surface area contributed by atoms with Crippen molar-refractivity contribution in [1.82, 2.24) is 9.88 Å². The van der Waals surface area contributed by atoms with Crippen molar-refractivity contribution < 1.29 is 14.0 Å². The summed E-state index contributed by atoms with van der Waals surface area (Å²) in [6, 6.07) is 10.3. The van der Waals surface area contributed by atoms with Crippen LogP contribution in [0.4, 0.5) is 4.39 Å². The molecule has 1 heterocycles. The van der Waals surface area contributed by atoms with E-state index in [0.29, 0.717) is 40.1 Å². The standard InChI is InChI=1S/C23H21ClFN3O2S/c1-12-21(31-13(2)27-12)23(30)28(20(22(26)29)14-6-4-3-5-7-14)19-9-8-16-17(19)10-15(24)11-18(16)25/h3-7,10-11,19-20H,8-9H2,1-2H3,(H2,26,29)/t19-,20?/m1/s1. The molecular formula is C23H21ClFN3O2S. The predicted octanol–water partition coefficient (Wildman–Crippen LogP) is 4.91. The average Bonchev–Trinajstić information content (AvgIpc) is 3.28. The Bertz CT molecular complexity index is 1170. The molecule has 2 N–H and O–H groups in total. The van der Waals surface area contributed by atoms with Crippen LogP contribution in [0.1, 0.15) is 55.6 Å². The van der Waals surface area contributed by atoms with Crippen molar-refractivity contribution in [3.8, 4) is 0 Å². The zero-order valence-corrected chi connectivity index (χ0v) is 18.6. The second-order valence-corrected chi connectivity index (χ2v) is 9.22. The molecule has 5 nitrogen and oxygen atoms in total. The van der Waals surface area contributed by atoms with Gasteiger partial charge in [0.2, 0.25) is 5.91 Å². The van der Waals surface area contributed by atoms with Crippen molar-refractivity contribution in [3.63, 3.8) is 0 Å². The summed E-state index contributed by atoms with van der Waals surface area (Å²) >= 11 is 7.41. The van der Waals surface area contributed by atoms with Gasteiger partial charge in [-0.15, -0.1) is 11.3 Å². The Morgan fingerprint density at radius 1 is 1.26 bits per heavy atom. The van der Waals surface area contributed by atoms with Gasteiger partial charge in [0.25, 0.3) is 5.91 Å². The Morgan fingerprint density at radius 3 is 2.58 bits per heavy atom. The Hall–Kier alpha value is -2.77. The van der Waals surface area contributed by atoms with Crippen LogP contribution in [0.25, 0.3) is 0 Å². The van der Waals surface area contributed by atoms with Gasteiger partial charge < -0.3 is 10.6 Å². The highest BCUT2D eigenvalue weighted by molar-refractivity contribution is 7.13. The normalized spacial score (nSPS) is 16.1. The molecule has 0 saturated heterocycles. The molecule has 0 fully saturated rings. The van der Waals surface area contributed by atoms with Crippen molar-refractivity contribution in [2.24, 2.45) is 5.73 Å². The molecule has 1 aromatic heterocycles. The van der Waals surface area contributed by atoms with Gasteiger partial charge in [-0.05, 0) is 55.5 Å². The molecule has 160 valence electrons. The largest absolute Gasteiger partial charge is 0.368 e. The number of nitrogens with two attached hydrogens (primary N) is 1. The van der Waals surface area contributed by atoms with Crippen LogP contribution in [-0.4, -0.2) is 21.7 Å². The molecule has 1 unspecified atom stereocenters. The van der Waals surface area contributed by atoms with Crippen molar-refractivity contribution in [1.29, 1.82) is 0 Å². The van der Waals surface area contributed by atoms with Crippen LogP contribution in [0.15, 0.2) is 42.5 Å². The number of primary amides is 1. The predicted molar refractivity (Wildman–Crippen MR) is 119 cm³/mol. The lowest BCUT2D eigenvalue weighted by Gasteiger charge is -2.35. The van der Waals surface area contributed by atoms with Crippen LogP contribution in [0.2, 0.25) is 5.02 Å². The lowest BCUT2D eigenvalue weighted by Crippen LogP contribution is -2.43. The van der Waals surface area contributed by atoms with Crippen molar-refractivity contribution in [3.05, 3.63) is 85.6 Å². The van der Waals surface area contributed by atoms with E-state index in [-0.39, 0.29) is 10.9 Å². The van der Waals surface area contributed by atoms with E-state index in [2.05, 4.69) is 4.98 Å². The van der Waals surface area contributed by atoms with Gasteiger partial charge in [0, 0.05) is 5.02 Å². The SMILES string of the molecule is Cc1nc(C)c(C(=O)N(C(C(N)=O)c2ccccc2)[C@@H]2CCc3c(F)cc(Cl)cc32)s1. The molecule has 8 heteroatoms. The summed E-state index contributed by atoms with van der Waals surface area (Å²) < 4.78 is 14.6. The maximum Gasteiger partial charge on any atom is 0.267 e. The van der Waals surface area contributed by atoms with E-state index in [1.807, 2.05) is 13.0 Å². The van der Waals surface area contributed by atoms with Crippen LogP contribution in [0, 0.1) is 19.7 Å². The van der Waals surface area contributed by atoms with Crippen LogP contribution in [0.5, 0.6) is 0 Å². The molecule has 2 amide bonds. The number of halogens is 2. The summed E-state index contributed by atoms with van der Waals surface area (Å²) in [5.41, 5.74) is 8.14. The van der Waals surface area contributed by atoms with Gasteiger partial charge in [-0.25, -0.2) is 9.37 Å². The quantitative estimate of drug-likeness (QED) is 0.591. The van der Waals surface area contributed by atoms with Gasteiger partial charge in [0.1, 0.15) is 16.7 Å². The zero-order chi connectivity index (χ0) is 22.3. The van der Waals surface area contributed by atoms with Crippen molar-refractivity contribution >= 4 is 34.8 Å². The third-order valence-corrected chi connectivity index (χ3v) is 6.83. The second-order valence-electron chi connectivity index (χ2n) is 7.59. The molecule has 0 saturated carbocycles. The first-order valence-corrected chi connectivity index (χ1v) is 11.1. The zero-order valence-electron chi connectivity index (χ0n) is 17.1. The first kappa shape index (κ1) is 21.5. The number of hydrogen-bond donors (Lipinski definition) is 1. The van der Waals surface area contributed by atoms with Gasteiger partial charge in [0.15, 0.2) is 0 Å². The number of aryl methyl sites for hydroxylation is 2. The number of fused-ring (bicyclic) bond motifs is 1. The first-order valence-electron chi connectivity index (χ1n) is 9.86. The Kier molecular flexibility index (Phi) is 5.81. The molecule has 1 aliphatic rings. The first-order chi connectivity index (χ1) is 14.8. The monoisotopic (exact) mass is 457 g/mol. The highest BCUT2D eigenvalue weighted by Crippen LogP contribution is 2.43. The van der Waals surface area contributed by atoms with Crippen LogP contribution < -0.4 is 5.73 Å². The minimum absolute atomic E-state index is 0.246. The van der Waals surface area contributed by atoms with Gasteiger partial charge in [-0.2, -0.15) is 0 Å². The fourth-order valence-corrected chi connectivity index (χ4v) is 5.37. The second kappa shape index (κ2) is 8.40. The van der Waals surface area contributed by atoms with E-state index in [4.69, 9.17) is 17.3 Å². The van der Waals surface area contributed by atoms with Crippen LogP contribution in [-0.2, 0) is 11.2 Å². The van der Waals surface area contributed by atoms with Gasteiger partial charge in [0.05, 0.1) is 16.7 Å². The van der Waals surface area contributed by atoms with E-state index in [1.165, 1.54) is 22.3 Å². The molecule has 0 aliphatic heterocycles. The summed E-state index contributed by atoms with van der Waals surface area (Å²) in [5, 5.41) is 0.993. The maximum atomic E-state index is 14.6. The fourth-order valence-electron chi connectivity index (χ4n) is 4.29. The molecule has 3 aromatic rings. The number of carbonyl (C=O) groups excluding carboxylic acids is 2. The van der Waals surface area contributed by atoms with E-state index >= 15 is 0 Å². The maximum absolute atomic E-state index is 14.6. The highest BCUT2D eigenvalue weighted by atomic mass is 35.5. The number of aromatic nitrogens is 1. The number of rotatable bonds is 5. The Balaban J connectivity index is 1.90. The minimum Gasteiger partial charge on any atom is -0.368 e. The van der Waals surface area contributed by atoms with E-state index < -0.39 is 23.8 Å². The third kappa shape index (κ3) is 3.95. The minimum atomic E-state index is -1.02. The Morgan fingerprint density at radius 2 is 1.97 bits per heavy atom. The molecule has 2 aromatic carbocycles. The molecule has 4 rings (SSSR count). The number of nitrogens with zero attached hydrogens (tertiary/aromatic N) is 2. The lowest BCUT2D eigenvalue weighted by atomic mass is 9.98. The number of carbonyl (C=O) groups is 2. The van der Waals surface area contributed by atoms with E-state index in [1.54, 1.807) is 37.3 Å². The van der Waals surface area contributed by atoms with Gasteiger partial charge in [-0.1, -0.05) is 41.9 Å². The summed E-state index contributed by atoms with van der Waals surface area (Å²) in [6.45, 7) is 3.58. The lowest BCUT2D eigenvalue weighted by molar-refractivity contribution is -0.123. The molecule has 31 heavy (non-hydrogen) atoms. The molecule has 2 atom stereocenters. The number of benzene rings is 2. The van der Waals surface area contributed by atoms with Gasteiger partial charge >= 0.3 is 0 Å². The summed E-state index contributed by atoms with van der Waals surface area (Å²) in [5.74, 6) is -1.42. The molecule has 1 aliphatic carbocycles. The number of hydrogen-bond acceptors (Lipinski definition) is 4. The molecule has 0 spiro atoms. The highest BCUT2D eigenvalue weighted by Gasteiger charge is 2.41. The topological polar surface area (TPSA) is 76.3 Å². The average molecular weight is 458 g/mol. The summed E-state index contributed by atoms with van der Waals surface area (Å²) in [4.78, 5) is 32.8. The molecule has 0 bridgehead atoms. The van der Waals surface area contributed by atoms with Crippen molar-refractivity contribution in [2.45, 2.75) is 38.8 Å². The fraction of sp³-hybridized carbons (Fsp3) is 0.261. The van der Waals surface area contributed by atoms with Crippen LogP contribution >= 0.6 is 22.9 Å².